The Kier molecular flexibility index (Phi) is 10.1. The van der Waals surface area contributed by atoms with Crippen LogP contribution in [0, 0.1) is 5.92 Å². The SMILES string of the molecule is C=C(N)c1ccc(CCC(=O)CNC(=O)[C@@H](CCc2ccccc2)CS(=O)(=O)Cc2ccccn2)cc1. The highest BCUT2D eigenvalue weighted by Gasteiger charge is 2.26. The lowest BCUT2D eigenvalue weighted by Gasteiger charge is -2.17. The number of carbonyl (C=O) groups excluding carboxylic acids is 2. The fourth-order valence-electron chi connectivity index (χ4n) is 3.94. The molecule has 0 aliphatic rings. The molecule has 0 aliphatic heterocycles. The molecular weight excluding hydrogens is 486 g/mol. The fraction of sp³-hybridized carbons (Fsp3) is 0.276. The molecule has 1 atom stereocenters. The number of amides is 1. The van der Waals surface area contributed by atoms with Crippen molar-refractivity contribution in [2.45, 2.75) is 31.4 Å². The summed E-state index contributed by atoms with van der Waals surface area (Å²) in [6.07, 6.45) is 3.23. The molecule has 3 aromatic rings. The van der Waals surface area contributed by atoms with E-state index < -0.39 is 21.7 Å². The molecule has 0 bridgehead atoms. The van der Waals surface area contributed by atoms with Gasteiger partial charge in [0.25, 0.3) is 0 Å². The normalized spacial score (nSPS) is 12.0. The van der Waals surface area contributed by atoms with E-state index in [9.17, 15) is 18.0 Å². The standard InChI is InChI=1S/C29H33N3O4S/c1-22(30)25-14-10-24(11-15-25)13-17-28(33)19-32-29(34)26(16-12-23-7-3-2-4-8-23)20-37(35,36)21-27-9-5-6-18-31-27/h2-11,14-15,18,26H,1,12-13,16-17,19-21,30H2,(H,32,34)/t26-/m0/s1. The van der Waals surface area contributed by atoms with Gasteiger partial charge in [0.1, 0.15) is 0 Å². The third-order valence-corrected chi connectivity index (χ3v) is 7.67. The zero-order valence-corrected chi connectivity index (χ0v) is 21.6. The van der Waals surface area contributed by atoms with E-state index >= 15 is 0 Å². The van der Waals surface area contributed by atoms with E-state index in [0.717, 1.165) is 16.7 Å². The first-order chi connectivity index (χ1) is 17.7. The first-order valence-corrected chi connectivity index (χ1v) is 14.0. The topological polar surface area (TPSA) is 119 Å². The van der Waals surface area contributed by atoms with Gasteiger partial charge in [0.05, 0.1) is 29.7 Å². The van der Waals surface area contributed by atoms with Crippen LogP contribution in [0.3, 0.4) is 0 Å². The van der Waals surface area contributed by atoms with Gasteiger partial charge in [-0.25, -0.2) is 8.42 Å². The predicted molar refractivity (Wildman–Crippen MR) is 146 cm³/mol. The number of hydrogen-bond donors (Lipinski definition) is 2. The van der Waals surface area contributed by atoms with E-state index in [1.807, 2.05) is 54.6 Å². The summed E-state index contributed by atoms with van der Waals surface area (Å²) in [4.78, 5) is 29.6. The van der Waals surface area contributed by atoms with Crippen LogP contribution in [0.25, 0.3) is 5.70 Å². The maximum Gasteiger partial charge on any atom is 0.224 e. The number of pyridine rings is 1. The second-order valence-corrected chi connectivity index (χ2v) is 11.2. The van der Waals surface area contributed by atoms with Gasteiger partial charge in [0, 0.05) is 18.3 Å². The van der Waals surface area contributed by atoms with E-state index in [4.69, 9.17) is 5.73 Å². The highest BCUT2D eigenvalue weighted by molar-refractivity contribution is 7.90. The van der Waals surface area contributed by atoms with Crippen LogP contribution in [-0.2, 0) is 38.0 Å². The minimum absolute atomic E-state index is 0.126. The van der Waals surface area contributed by atoms with Gasteiger partial charge < -0.3 is 11.1 Å². The molecule has 0 unspecified atom stereocenters. The van der Waals surface area contributed by atoms with E-state index in [-0.39, 0.29) is 30.3 Å². The van der Waals surface area contributed by atoms with Gasteiger partial charge in [0.15, 0.2) is 15.6 Å². The van der Waals surface area contributed by atoms with Crippen molar-refractivity contribution in [1.29, 1.82) is 0 Å². The molecule has 8 heteroatoms. The molecular formula is C29H33N3O4S. The van der Waals surface area contributed by atoms with Crippen LogP contribution in [0.5, 0.6) is 0 Å². The number of aromatic nitrogens is 1. The molecule has 3 rings (SSSR count). The lowest BCUT2D eigenvalue weighted by molar-refractivity contribution is -0.127. The number of Topliss-reactive ketones (excluding diaryl/α,β-unsaturated/α-hetero) is 1. The molecule has 7 nitrogen and oxygen atoms in total. The molecule has 0 fully saturated rings. The Labute approximate surface area is 218 Å². The van der Waals surface area contributed by atoms with Crippen LogP contribution in [-0.4, -0.2) is 37.4 Å². The molecule has 3 N–H and O–H groups in total. The van der Waals surface area contributed by atoms with Crippen molar-refractivity contribution in [2.24, 2.45) is 11.7 Å². The number of nitrogens with one attached hydrogen (secondary N) is 1. The zero-order valence-electron chi connectivity index (χ0n) is 20.8. The number of nitrogens with two attached hydrogens (primary N) is 1. The number of ketones is 1. The van der Waals surface area contributed by atoms with Gasteiger partial charge in [-0.2, -0.15) is 0 Å². The number of benzene rings is 2. The summed E-state index contributed by atoms with van der Waals surface area (Å²) >= 11 is 0. The Morgan fingerprint density at radius 3 is 2.24 bits per heavy atom. The number of aryl methyl sites for hydroxylation is 2. The quantitative estimate of drug-likeness (QED) is 0.337. The molecule has 0 aliphatic carbocycles. The van der Waals surface area contributed by atoms with Crippen LogP contribution in [0.2, 0.25) is 0 Å². The zero-order chi connectivity index (χ0) is 26.7. The van der Waals surface area contributed by atoms with Gasteiger partial charge in [-0.1, -0.05) is 67.2 Å². The van der Waals surface area contributed by atoms with Crippen molar-refractivity contribution in [3.63, 3.8) is 0 Å². The molecule has 0 spiro atoms. The van der Waals surface area contributed by atoms with E-state index in [0.29, 0.717) is 30.7 Å². The highest BCUT2D eigenvalue weighted by Crippen LogP contribution is 2.16. The third kappa shape index (κ3) is 9.65. The number of carbonyl (C=O) groups is 2. The summed E-state index contributed by atoms with van der Waals surface area (Å²) in [5.41, 5.74) is 9.42. The largest absolute Gasteiger partial charge is 0.399 e. The average molecular weight is 520 g/mol. The number of rotatable bonds is 14. The second-order valence-electron chi connectivity index (χ2n) is 9.08. The van der Waals surface area contributed by atoms with Crippen molar-refractivity contribution >= 4 is 27.2 Å². The Bertz CT molecular complexity index is 1290. The highest BCUT2D eigenvalue weighted by atomic mass is 32.2. The van der Waals surface area contributed by atoms with Crippen LogP contribution in [0.1, 0.15) is 35.2 Å². The molecule has 1 heterocycles. The Morgan fingerprint density at radius 1 is 0.919 bits per heavy atom. The van der Waals surface area contributed by atoms with Crippen LogP contribution >= 0.6 is 0 Å². The number of nitrogens with zero attached hydrogens (tertiary/aromatic N) is 1. The summed E-state index contributed by atoms with van der Waals surface area (Å²) in [7, 11) is -3.60. The van der Waals surface area contributed by atoms with Gasteiger partial charge in [-0.05, 0) is 48.1 Å². The molecule has 1 amide bonds. The van der Waals surface area contributed by atoms with Gasteiger partial charge in [-0.15, -0.1) is 0 Å². The lowest BCUT2D eigenvalue weighted by Crippen LogP contribution is -2.38. The third-order valence-electron chi connectivity index (χ3n) is 6.02. The number of sulfone groups is 1. The Morgan fingerprint density at radius 2 is 1.59 bits per heavy atom. The van der Waals surface area contributed by atoms with Crippen molar-refractivity contribution in [3.8, 4) is 0 Å². The summed E-state index contributed by atoms with van der Waals surface area (Å²) in [6.45, 7) is 3.56. The van der Waals surface area contributed by atoms with Gasteiger partial charge >= 0.3 is 0 Å². The van der Waals surface area contributed by atoms with Crippen molar-refractivity contribution in [2.75, 3.05) is 12.3 Å². The van der Waals surface area contributed by atoms with E-state index in [1.165, 1.54) is 0 Å². The minimum atomic E-state index is -3.60. The summed E-state index contributed by atoms with van der Waals surface area (Å²) in [5.74, 6) is -1.88. The van der Waals surface area contributed by atoms with Crippen molar-refractivity contribution < 1.29 is 18.0 Å². The predicted octanol–water partition coefficient (Wildman–Crippen LogP) is 3.49. The summed E-state index contributed by atoms with van der Waals surface area (Å²) in [6, 6.07) is 22.2. The minimum Gasteiger partial charge on any atom is -0.399 e. The Balaban J connectivity index is 1.57. The summed E-state index contributed by atoms with van der Waals surface area (Å²) in [5, 5.41) is 2.67. The maximum absolute atomic E-state index is 13.0. The smallest absolute Gasteiger partial charge is 0.224 e. The van der Waals surface area contributed by atoms with Crippen molar-refractivity contribution in [1.82, 2.24) is 10.3 Å². The first kappa shape index (κ1) is 27.8. The summed E-state index contributed by atoms with van der Waals surface area (Å²) < 4.78 is 25.8. The molecule has 2 aromatic carbocycles. The van der Waals surface area contributed by atoms with Crippen LogP contribution < -0.4 is 11.1 Å². The maximum atomic E-state index is 13.0. The van der Waals surface area contributed by atoms with Gasteiger partial charge in [-0.3, -0.25) is 14.6 Å². The average Bonchev–Trinajstić information content (AvgIpc) is 2.89. The molecule has 0 saturated heterocycles. The lowest BCUT2D eigenvalue weighted by atomic mass is 10.00. The van der Waals surface area contributed by atoms with Crippen molar-refractivity contribution in [3.05, 3.63) is 108 Å². The second kappa shape index (κ2) is 13.5. The molecule has 37 heavy (non-hydrogen) atoms. The number of hydrogen-bond acceptors (Lipinski definition) is 6. The molecule has 0 saturated carbocycles. The molecule has 1 aromatic heterocycles. The van der Waals surface area contributed by atoms with E-state index in [2.05, 4.69) is 16.9 Å². The van der Waals surface area contributed by atoms with Gasteiger partial charge in [0.2, 0.25) is 5.91 Å². The van der Waals surface area contributed by atoms with Crippen LogP contribution in [0.4, 0.5) is 0 Å². The monoisotopic (exact) mass is 519 g/mol. The fourth-order valence-corrected chi connectivity index (χ4v) is 5.61. The first-order valence-electron chi connectivity index (χ1n) is 12.2. The molecule has 194 valence electrons. The Hall–Kier alpha value is -3.78. The molecule has 0 radical (unpaired) electrons. The van der Waals surface area contributed by atoms with E-state index in [1.54, 1.807) is 24.4 Å². The van der Waals surface area contributed by atoms with Crippen LogP contribution in [0.15, 0.2) is 85.6 Å².